The molecule has 0 aliphatic carbocycles. The van der Waals surface area contributed by atoms with Crippen LogP contribution in [0.5, 0.6) is 5.75 Å². The molecule has 0 radical (unpaired) electrons. The maximum Gasteiger partial charge on any atom is 0.244 e. The topological polar surface area (TPSA) is 84.5 Å². The summed E-state index contributed by atoms with van der Waals surface area (Å²) < 4.78 is 47.2. The predicted octanol–water partition coefficient (Wildman–Crippen LogP) is 2.35. The average Bonchev–Trinajstić information content (AvgIpc) is 3.12. The molecule has 0 saturated carbocycles. The van der Waals surface area contributed by atoms with Crippen LogP contribution in [-0.4, -0.2) is 45.0 Å². The van der Waals surface area contributed by atoms with E-state index >= 15 is 0 Å². The molecule has 2 aromatic rings. The lowest BCUT2D eigenvalue weighted by atomic mass is 10.1. The number of halogens is 1. The Balaban J connectivity index is 1.63. The first-order valence-electron chi connectivity index (χ1n) is 9.19. The highest BCUT2D eigenvalue weighted by molar-refractivity contribution is 7.98. The van der Waals surface area contributed by atoms with Crippen LogP contribution in [0.15, 0.2) is 53.4 Å². The van der Waals surface area contributed by atoms with Crippen LogP contribution in [0.25, 0.3) is 0 Å². The second kappa shape index (κ2) is 9.60. The normalized spacial score (nSPS) is 16.7. The molecule has 0 fully saturated rings. The van der Waals surface area contributed by atoms with Gasteiger partial charge in [-0.2, -0.15) is 16.5 Å². The second-order valence-corrected chi connectivity index (χ2v) is 9.35. The van der Waals surface area contributed by atoms with Crippen molar-refractivity contribution in [2.24, 2.45) is 0 Å². The number of benzene rings is 2. The van der Waals surface area contributed by atoms with E-state index in [0.717, 1.165) is 17.4 Å². The van der Waals surface area contributed by atoms with Crippen LogP contribution in [-0.2, 0) is 21.2 Å². The van der Waals surface area contributed by atoms with Gasteiger partial charge in [-0.1, -0.05) is 30.3 Å². The molecule has 3 rings (SSSR count). The second-order valence-electron chi connectivity index (χ2n) is 6.68. The van der Waals surface area contributed by atoms with Crippen molar-refractivity contribution >= 4 is 27.7 Å². The Morgan fingerprint density at radius 3 is 2.69 bits per heavy atom. The van der Waals surface area contributed by atoms with Crippen LogP contribution >= 0.6 is 11.8 Å². The fraction of sp³-hybridized carbons (Fsp3) is 0.350. The highest BCUT2D eigenvalue weighted by atomic mass is 32.2. The van der Waals surface area contributed by atoms with E-state index in [0.29, 0.717) is 12.2 Å². The molecule has 29 heavy (non-hydrogen) atoms. The van der Waals surface area contributed by atoms with Gasteiger partial charge in [-0.25, -0.2) is 12.8 Å². The molecular weight excluding hydrogens is 415 g/mol. The van der Waals surface area contributed by atoms with E-state index in [1.54, 1.807) is 0 Å². The van der Waals surface area contributed by atoms with Gasteiger partial charge in [0.2, 0.25) is 15.9 Å². The van der Waals surface area contributed by atoms with Crippen molar-refractivity contribution < 1.29 is 22.3 Å². The summed E-state index contributed by atoms with van der Waals surface area (Å²) in [5.74, 6) is 0.0501. The number of carbonyl (C=O) groups is 1. The number of para-hydroxylation sites is 1. The summed E-state index contributed by atoms with van der Waals surface area (Å²) in [6, 6.07) is 11.7. The first-order valence-corrected chi connectivity index (χ1v) is 12.1. The van der Waals surface area contributed by atoms with Gasteiger partial charge in [0.15, 0.2) is 0 Å². The largest absolute Gasteiger partial charge is 0.488 e. The zero-order chi connectivity index (χ0) is 20.9. The molecule has 0 aromatic heterocycles. The molecule has 2 unspecified atom stereocenters. The number of sulfonamides is 1. The van der Waals surface area contributed by atoms with E-state index in [-0.39, 0.29) is 19.1 Å². The molecule has 6 nitrogen and oxygen atoms in total. The Bertz CT molecular complexity index is 943. The van der Waals surface area contributed by atoms with Crippen LogP contribution in [0.1, 0.15) is 12.0 Å². The summed E-state index contributed by atoms with van der Waals surface area (Å²) >= 11 is 1.49. The summed E-state index contributed by atoms with van der Waals surface area (Å²) in [4.78, 5) is 12.2. The third-order valence-electron chi connectivity index (χ3n) is 4.57. The molecule has 1 aliphatic heterocycles. The first-order chi connectivity index (χ1) is 13.9. The van der Waals surface area contributed by atoms with Crippen LogP contribution in [0.3, 0.4) is 0 Å². The van der Waals surface area contributed by atoms with Gasteiger partial charge in [0.25, 0.3) is 0 Å². The number of fused-ring (bicyclic) bond motifs is 1. The van der Waals surface area contributed by atoms with Gasteiger partial charge in [0.05, 0.1) is 6.54 Å². The molecule has 9 heteroatoms. The van der Waals surface area contributed by atoms with Gasteiger partial charge >= 0.3 is 0 Å². The van der Waals surface area contributed by atoms with Gasteiger partial charge < -0.3 is 10.1 Å². The highest BCUT2D eigenvalue weighted by Gasteiger charge is 2.29. The highest BCUT2D eigenvalue weighted by Crippen LogP contribution is 2.27. The molecule has 156 valence electrons. The number of thioether (sulfide) groups is 1. The standard InChI is InChI=1S/C20H23FN2O4S2/c1-28-11-10-17(23-29(25,26)19-9-5-3-7-16(19)21)20(24)22-13-15-12-14-6-2-4-8-18(14)27-15/h2-9,15,17,23H,10-13H2,1H3,(H,22,24). The van der Waals surface area contributed by atoms with Crippen LogP contribution in [0.2, 0.25) is 0 Å². The fourth-order valence-electron chi connectivity index (χ4n) is 3.10. The third kappa shape index (κ3) is 5.49. The predicted molar refractivity (Wildman–Crippen MR) is 111 cm³/mol. The Kier molecular flexibility index (Phi) is 7.15. The minimum absolute atomic E-state index is 0.208. The number of nitrogens with one attached hydrogen (secondary N) is 2. The van der Waals surface area contributed by atoms with Crippen molar-refractivity contribution in [3.8, 4) is 5.75 Å². The van der Waals surface area contributed by atoms with E-state index in [1.165, 1.54) is 30.0 Å². The molecule has 0 saturated heterocycles. The Hall–Kier alpha value is -2.10. The molecule has 2 aromatic carbocycles. The maximum atomic E-state index is 13.9. The maximum absolute atomic E-state index is 13.9. The number of hydrogen-bond donors (Lipinski definition) is 2. The number of carbonyl (C=O) groups excluding carboxylic acids is 1. The number of hydrogen-bond acceptors (Lipinski definition) is 5. The minimum Gasteiger partial charge on any atom is -0.488 e. The molecule has 2 N–H and O–H groups in total. The van der Waals surface area contributed by atoms with Crippen molar-refractivity contribution in [3.05, 3.63) is 59.9 Å². The molecule has 2 atom stereocenters. The summed E-state index contributed by atoms with van der Waals surface area (Å²) in [7, 11) is -4.17. The van der Waals surface area contributed by atoms with Crippen molar-refractivity contribution in [1.82, 2.24) is 10.0 Å². The van der Waals surface area contributed by atoms with Crippen molar-refractivity contribution in [2.45, 2.75) is 29.9 Å². The molecule has 0 spiro atoms. The number of rotatable bonds is 9. The quantitative estimate of drug-likeness (QED) is 0.628. The SMILES string of the molecule is CSCCC(NS(=O)(=O)c1ccccc1F)C(=O)NCC1Cc2ccccc2O1. The summed E-state index contributed by atoms with van der Waals surface area (Å²) in [5, 5.41) is 2.76. The van der Waals surface area contributed by atoms with E-state index in [1.807, 2.05) is 30.5 Å². The molecule has 0 bridgehead atoms. The minimum atomic E-state index is -4.17. The van der Waals surface area contributed by atoms with E-state index in [2.05, 4.69) is 10.0 Å². The summed E-state index contributed by atoms with van der Waals surface area (Å²) in [6.45, 7) is 0.255. The Morgan fingerprint density at radius 2 is 1.97 bits per heavy atom. The lowest BCUT2D eigenvalue weighted by Crippen LogP contribution is -2.49. The number of amides is 1. The van der Waals surface area contributed by atoms with Gasteiger partial charge in [-0.05, 0) is 42.2 Å². The summed E-state index contributed by atoms with van der Waals surface area (Å²) in [6.07, 6.45) is 2.61. The first kappa shape index (κ1) is 21.6. The van der Waals surface area contributed by atoms with Gasteiger partial charge in [-0.15, -0.1) is 0 Å². The zero-order valence-electron chi connectivity index (χ0n) is 15.9. The molecule has 1 heterocycles. The lowest BCUT2D eigenvalue weighted by molar-refractivity contribution is -0.123. The van der Waals surface area contributed by atoms with Gasteiger partial charge in [-0.3, -0.25) is 4.79 Å². The van der Waals surface area contributed by atoms with Crippen molar-refractivity contribution in [3.63, 3.8) is 0 Å². The summed E-state index contributed by atoms with van der Waals surface area (Å²) in [5.41, 5.74) is 1.07. The smallest absolute Gasteiger partial charge is 0.244 e. The van der Waals surface area contributed by atoms with Crippen molar-refractivity contribution in [2.75, 3.05) is 18.6 Å². The van der Waals surface area contributed by atoms with E-state index in [9.17, 15) is 17.6 Å². The average molecular weight is 439 g/mol. The van der Waals surface area contributed by atoms with Gasteiger partial charge in [0.1, 0.15) is 28.6 Å². The van der Waals surface area contributed by atoms with E-state index < -0.39 is 32.7 Å². The van der Waals surface area contributed by atoms with E-state index in [4.69, 9.17) is 4.74 Å². The van der Waals surface area contributed by atoms with Crippen LogP contribution in [0, 0.1) is 5.82 Å². The number of ether oxygens (including phenoxy) is 1. The van der Waals surface area contributed by atoms with Gasteiger partial charge in [0, 0.05) is 6.42 Å². The Labute approximate surface area is 174 Å². The zero-order valence-corrected chi connectivity index (χ0v) is 17.6. The molecule has 1 aliphatic rings. The van der Waals surface area contributed by atoms with Crippen molar-refractivity contribution in [1.29, 1.82) is 0 Å². The van der Waals surface area contributed by atoms with Crippen LogP contribution < -0.4 is 14.8 Å². The third-order valence-corrected chi connectivity index (χ3v) is 6.72. The monoisotopic (exact) mass is 438 g/mol. The Morgan fingerprint density at radius 1 is 1.24 bits per heavy atom. The molecular formula is C20H23FN2O4S2. The fourth-order valence-corrected chi connectivity index (χ4v) is 4.88. The lowest BCUT2D eigenvalue weighted by Gasteiger charge is -2.20. The molecule has 1 amide bonds. The van der Waals surface area contributed by atoms with Crippen LogP contribution in [0.4, 0.5) is 4.39 Å².